The molecule has 1 amide bonds. The summed E-state index contributed by atoms with van der Waals surface area (Å²) in [5.74, 6) is -1.13. The molecule has 134 valence electrons. The van der Waals surface area contributed by atoms with Gasteiger partial charge in [0.05, 0.1) is 10.7 Å². The van der Waals surface area contributed by atoms with Crippen molar-refractivity contribution in [1.29, 1.82) is 0 Å². The Morgan fingerprint density at radius 2 is 2.17 bits per heavy atom. The summed E-state index contributed by atoms with van der Waals surface area (Å²) >= 11 is 1.66. The largest absolute Gasteiger partial charge is 0.480 e. The van der Waals surface area contributed by atoms with Gasteiger partial charge in [0.2, 0.25) is 5.91 Å². The average Bonchev–Trinajstić information content (AvgIpc) is 2.96. The number of carboxylic acid groups (broad SMARTS) is 1. The van der Waals surface area contributed by atoms with Crippen molar-refractivity contribution in [2.45, 2.75) is 58.5 Å². The number of carbonyl (C=O) groups excluding carboxylic acids is 1. The Bertz CT molecular complexity index is 553. The number of piperidine rings is 1. The molecule has 1 atom stereocenters. The number of carbonyl (C=O) groups is 2. The number of unbranched alkanes of at least 4 members (excludes halogenated alkanes) is 1. The molecule has 1 aliphatic rings. The van der Waals surface area contributed by atoms with E-state index in [0.29, 0.717) is 6.42 Å². The number of nitrogens with zero attached hydrogens (tertiary/aromatic N) is 2. The van der Waals surface area contributed by atoms with E-state index in [2.05, 4.69) is 20.6 Å². The highest BCUT2D eigenvalue weighted by molar-refractivity contribution is 7.09. The quantitative estimate of drug-likeness (QED) is 0.750. The highest BCUT2D eigenvalue weighted by atomic mass is 32.1. The van der Waals surface area contributed by atoms with Crippen molar-refractivity contribution >= 4 is 23.2 Å². The molecule has 1 aromatic rings. The maximum atomic E-state index is 12.3. The zero-order valence-electron chi connectivity index (χ0n) is 14.5. The molecule has 2 rings (SSSR count). The summed E-state index contributed by atoms with van der Waals surface area (Å²) in [6.45, 7) is 6.54. The van der Waals surface area contributed by atoms with Gasteiger partial charge in [0.1, 0.15) is 6.04 Å². The number of rotatable bonds is 8. The smallest absolute Gasteiger partial charge is 0.326 e. The van der Waals surface area contributed by atoms with Gasteiger partial charge in [0.25, 0.3) is 0 Å². The van der Waals surface area contributed by atoms with Gasteiger partial charge in [-0.05, 0) is 39.3 Å². The molecule has 2 N–H and O–H groups in total. The van der Waals surface area contributed by atoms with Crippen molar-refractivity contribution in [2.75, 3.05) is 13.1 Å². The van der Waals surface area contributed by atoms with Gasteiger partial charge in [-0.1, -0.05) is 19.8 Å². The number of aromatic nitrogens is 1. The maximum Gasteiger partial charge on any atom is 0.326 e. The fourth-order valence-corrected chi connectivity index (χ4v) is 3.62. The summed E-state index contributed by atoms with van der Waals surface area (Å²) < 4.78 is 0. The lowest BCUT2D eigenvalue weighted by Crippen LogP contribution is -2.46. The van der Waals surface area contributed by atoms with Crippen LogP contribution >= 0.6 is 11.3 Å². The number of likely N-dealkylation sites (tertiary alicyclic amines) is 1. The van der Waals surface area contributed by atoms with Crippen molar-refractivity contribution < 1.29 is 14.7 Å². The van der Waals surface area contributed by atoms with Crippen LogP contribution in [-0.2, 0) is 16.1 Å². The minimum Gasteiger partial charge on any atom is -0.480 e. The van der Waals surface area contributed by atoms with Gasteiger partial charge < -0.3 is 10.4 Å². The van der Waals surface area contributed by atoms with E-state index in [1.807, 2.05) is 13.8 Å². The molecule has 0 spiro atoms. The van der Waals surface area contributed by atoms with E-state index in [-0.39, 0.29) is 11.8 Å². The van der Waals surface area contributed by atoms with Gasteiger partial charge in [0.15, 0.2) is 0 Å². The van der Waals surface area contributed by atoms with Gasteiger partial charge in [-0.25, -0.2) is 9.78 Å². The van der Waals surface area contributed by atoms with Crippen LogP contribution < -0.4 is 5.32 Å². The van der Waals surface area contributed by atoms with E-state index in [1.54, 1.807) is 11.3 Å². The number of thiazole rings is 1. The summed E-state index contributed by atoms with van der Waals surface area (Å²) in [6, 6.07) is -0.756. The van der Waals surface area contributed by atoms with Gasteiger partial charge in [-0.15, -0.1) is 11.3 Å². The van der Waals surface area contributed by atoms with Crippen LogP contribution in [0.5, 0.6) is 0 Å². The topological polar surface area (TPSA) is 82.5 Å². The second-order valence-electron chi connectivity index (χ2n) is 6.45. The van der Waals surface area contributed by atoms with Crippen LogP contribution in [0.25, 0.3) is 0 Å². The van der Waals surface area contributed by atoms with E-state index in [1.165, 1.54) is 0 Å². The van der Waals surface area contributed by atoms with Crippen LogP contribution in [0.4, 0.5) is 0 Å². The van der Waals surface area contributed by atoms with Crippen LogP contribution in [0.1, 0.15) is 49.7 Å². The fraction of sp³-hybridized carbons (Fsp3) is 0.706. The maximum absolute atomic E-state index is 12.3. The first kappa shape index (κ1) is 18.9. The number of aliphatic carboxylic acids is 1. The summed E-state index contributed by atoms with van der Waals surface area (Å²) in [5.41, 5.74) is 1.09. The first-order chi connectivity index (χ1) is 11.5. The SMILES string of the molecule is CCCC[C@H](NC(=O)C1CCN(Cc2csc(C)n2)CC1)C(=O)O. The minimum absolute atomic E-state index is 0.0816. The van der Waals surface area contributed by atoms with Gasteiger partial charge in [-0.3, -0.25) is 9.69 Å². The Morgan fingerprint density at radius 3 is 2.71 bits per heavy atom. The van der Waals surface area contributed by atoms with Crippen molar-refractivity contribution in [3.8, 4) is 0 Å². The predicted octanol–water partition coefficient (Wildman–Crippen LogP) is 2.42. The highest BCUT2D eigenvalue weighted by Crippen LogP contribution is 2.20. The Morgan fingerprint density at radius 1 is 1.46 bits per heavy atom. The highest BCUT2D eigenvalue weighted by Gasteiger charge is 2.28. The number of hydrogen-bond acceptors (Lipinski definition) is 5. The lowest BCUT2D eigenvalue weighted by molar-refractivity contribution is -0.143. The van der Waals surface area contributed by atoms with Gasteiger partial charge in [0, 0.05) is 17.8 Å². The molecule has 7 heteroatoms. The summed E-state index contributed by atoms with van der Waals surface area (Å²) in [5, 5.41) is 15.1. The van der Waals surface area contributed by atoms with E-state index < -0.39 is 12.0 Å². The number of nitrogens with one attached hydrogen (secondary N) is 1. The predicted molar refractivity (Wildman–Crippen MR) is 93.9 cm³/mol. The molecule has 2 heterocycles. The van der Waals surface area contributed by atoms with E-state index in [0.717, 1.165) is 56.0 Å². The Labute approximate surface area is 147 Å². The molecule has 0 aromatic carbocycles. The van der Waals surface area contributed by atoms with E-state index in [4.69, 9.17) is 0 Å². The van der Waals surface area contributed by atoms with E-state index >= 15 is 0 Å². The fourth-order valence-electron chi connectivity index (χ4n) is 3.02. The van der Waals surface area contributed by atoms with Crippen molar-refractivity contribution in [1.82, 2.24) is 15.2 Å². The standard InChI is InChI=1S/C17H27N3O3S/c1-3-4-5-15(17(22)23)19-16(21)13-6-8-20(9-7-13)10-14-11-24-12(2)18-14/h11,13,15H,3-10H2,1-2H3,(H,19,21)(H,22,23)/t15-/m0/s1. The van der Waals surface area contributed by atoms with Crippen LogP contribution in [0, 0.1) is 12.8 Å². The zero-order valence-corrected chi connectivity index (χ0v) is 15.3. The van der Waals surface area contributed by atoms with Gasteiger partial charge >= 0.3 is 5.97 Å². The van der Waals surface area contributed by atoms with Crippen LogP contribution in [0.3, 0.4) is 0 Å². The molecular formula is C17H27N3O3S. The average molecular weight is 353 g/mol. The van der Waals surface area contributed by atoms with Crippen LogP contribution in [-0.4, -0.2) is 46.0 Å². The van der Waals surface area contributed by atoms with Crippen LogP contribution in [0.15, 0.2) is 5.38 Å². The third kappa shape index (κ3) is 5.56. The zero-order chi connectivity index (χ0) is 17.5. The summed E-state index contributed by atoms with van der Waals surface area (Å²) in [7, 11) is 0. The third-order valence-electron chi connectivity index (χ3n) is 4.47. The third-order valence-corrected chi connectivity index (χ3v) is 5.29. The Balaban J connectivity index is 1.78. The molecule has 1 saturated heterocycles. The molecule has 1 aliphatic heterocycles. The first-order valence-corrected chi connectivity index (χ1v) is 9.54. The molecule has 0 aliphatic carbocycles. The Kier molecular flexibility index (Phi) is 7.17. The molecule has 1 aromatic heterocycles. The molecule has 0 radical (unpaired) electrons. The second-order valence-corrected chi connectivity index (χ2v) is 7.51. The van der Waals surface area contributed by atoms with E-state index in [9.17, 15) is 14.7 Å². The number of hydrogen-bond donors (Lipinski definition) is 2. The molecule has 0 saturated carbocycles. The summed E-state index contributed by atoms with van der Waals surface area (Å²) in [6.07, 6.45) is 3.78. The number of aryl methyl sites for hydroxylation is 1. The monoisotopic (exact) mass is 353 g/mol. The van der Waals surface area contributed by atoms with Crippen molar-refractivity contribution in [3.05, 3.63) is 16.1 Å². The first-order valence-electron chi connectivity index (χ1n) is 8.66. The molecule has 6 nitrogen and oxygen atoms in total. The normalized spacial score (nSPS) is 17.6. The lowest BCUT2D eigenvalue weighted by Gasteiger charge is -2.31. The number of carboxylic acids is 1. The lowest BCUT2D eigenvalue weighted by atomic mass is 9.95. The van der Waals surface area contributed by atoms with Crippen LogP contribution in [0.2, 0.25) is 0 Å². The van der Waals surface area contributed by atoms with Crippen molar-refractivity contribution in [3.63, 3.8) is 0 Å². The minimum atomic E-state index is -0.937. The molecule has 1 fully saturated rings. The van der Waals surface area contributed by atoms with Gasteiger partial charge in [-0.2, -0.15) is 0 Å². The Hall–Kier alpha value is -1.47. The molecule has 0 unspecified atom stereocenters. The molecular weight excluding hydrogens is 326 g/mol. The number of amides is 1. The summed E-state index contributed by atoms with van der Waals surface area (Å²) in [4.78, 5) is 30.4. The second kappa shape index (κ2) is 9.13. The molecule has 24 heavy (non-hydrogen) atoms. The molecule has 0 bridgehead atoms. The van der Waals surface area contributed by atoms with Crippen molar-refractivity contribution in [2.24, 2.45) is 5.92 Å².